The Morgan fingerprint density at radius 3 is 1.98 bits per heavy atom. The summed E-state index contributed by atoms with van der Waals surface area (Å²) >= 11 is 0. The van der Waals surface area contributed by atoms with E-state index in [4.69, 9.17) is 23.4 Å². The van der Waals surface area contributed by atoms with E-state index < -0.39 is 50.4 Å². The molecule has 220 valence electrons. The minimum atomic E-state index is -2.79. The highest BCUT2D eigenvalue weighted by Crippen LogP contribution is 2.38. The molecule has 0 saturated carbocycles. The van der Waals surface area contributed by atoms with Crippen LogP contribution in [0.1, 0.15) is 54.9 Å². The number of aliphatic hydroxyl groups is 2. The molecule has 0 amide bonds. The summed E-state index contributed by atoms with van der Waals surface area (Å²) < 4.78 is 30.9. The molecule has 4 rings (SSSR count). The Morgan fingerprint density at radius 2 is 1.48 bits per heavy atom. The molecule has 2 aromatic rings. The molecule has 0 unspecified atom stereocenters. The summed E-state index contributed by atoms with van der Waals surface area (Å²) in [6.45, 7) is 14.6. The van der Waals surface area contributed by atoms with Crippen molar-refractivity contribution in [2.24, 2.45) is 0 Å². The summed E-state index contributed by atoms with van der Waals surface area (Å²) in [5.74, 6) is -1.58. The second-order valence-electron chi connectivity index (χ2n) is 12.7. The molecule has 2 aromatic carbocycles. The zero-order valence-electron chi connectivity index (χ0n) is 24.9. The van der Waals surface area contributed by atoms with Crippen LogP contribution in [0.15, 0.2) is 72.8 Å². The molecule has 0 radical (unpaired) electrons. The van der Waals surface area contributed by atoms with Crippen LogP contribution >= 0.6 is 0 Å². The summed E-state index contributed by atoms with van der Waals surface area (Å²) in [6, 6.07) is 20.9. The van der Waals surface area contributed by atoms with Gasteiger partial charge in [0.25, 0.3) is 8.32 Å². The van der Waals surface area contributed by atoms with Crippen molar-refractivity contribution in [1.82, 2.24) is 0 Å². The van der Waals surface area contributed by atoms with Crippen LogP contribution in [0, 0.1) is 0 Å². The molecule has 8 heteroatoms. The van der Waals surface area contributed by atoms with Crippen LogP contribution in [0.3, 0.4) is 0 Å². The van der Waals surface area contributed by atoms with Gasteiger partial charge >= 0.3 is 0 Å². The first-order valence-electron chi connectivity index (χ1n) is 14.2. The average Bonchev–Trinajstić information content (AvgIpc) is 3.42. The number of benzene rings is 2. The third kappa shape index (κ3) is 6.94. The third-order valence-electron chi connectivity index (χ3n) is 7.61. The first-order valence-corrected chi connectivity index (χ1v) is 16.1. The van der Waals surface area contributed by atoms with E-state index in [0.717, 1.165) is 0 Å². The maximum Gasteiger partial charge on any atom is 0.261 e. The lowest BCUT2D eigenvalue weighted by atomic mass is 10.1. The minimum absolute atomic E-state index is 0.185. The van der Waals surface area contributed by atoms with Gasteiger partial charge in [-0.15, -0.1) is 0 Å². The molecule has 0 spiro atoms. The monoisotopic (exact) mass is 570 g/mol. The molecule has 40 heavy (non-hydrogen) atoms. The largest absolute Gasteiger partial charge is 0.405 e. The van der Waals surface area contributed by atoms with Crippen molar-refractivity contribution in [2.75, 3.05) is 13.2 Å². The van der Waals surface area contributed by atoms with Crippen molar-refractivity contribution in [3.8, 4) is 0 Å². The second kappa shape index (κ2) is 12.2. The summed E-state index contributed by atoms with van der Waals surface area (Å²) in [5, 5.41) is 23.9. The second-order valence-corrected chi connectivity index (χ2v) is 17.0. The number of hydrogen-bond donors (Lipinski definition) is 2. The highest BCUT2D eigenvalue weighted by Gasteiger charge is 2.52. The molecule has 0 bridgehead atoms. The van der Waals surface area contributed by atoms with Gasteiger partial charge in [0.05, 0.1) is 19.3 Å². The number of rotatable bonds is 10. The number of aliphatic hydroxyl groups excluding tert-OH is 2. The molecule has 2 aliphatic rings. The van der Waals surface area contributed by atoms with Crippen LogP contribution in [0.2, 0.25) is 5.04 Å². The van der Waals surface area contributed by atoms with E-state index in [0.29, 0.717) is 13.0 Å². The Labute approximate surface area is 240 Å². The fraction of sp³-hybridized carbons (Fsp3) is 0.562. The van der Waals surface area contributed by atoms with E-state index in [2.05, 4.69) is 69.3 Å². The quantitative estimate of drug-likeness (QED) is 0.331. The lowest BCUT2D eigenvalue weighted by molar-refractivity contribution is -0.154. The van der Waals surface area contributed by atoms with Gasteiger partial charge in [0.1, 0.15) is 24.4 Å². The average molecular weight is 571 g/mol. The van der Waals surface area contributed by atoms with E-state index in [9.17, 15) is 10.2 Å². The lowest BCUT2D eigenvalue weighted by Crippen LogP contribution is -2.67. The standard InChI is InChI=1S/C32H46O7Si/c1-30(2,3)40(23-15-10-8-11-16-23,24-17-12-9-13-18-24)36-22-28-29(39-32(6,7)38-28)26(34)20-14-19-25(33)27-21-35-31(4,5)37-27/h8-18,20,25-29,33-34H,19,21-22H2,1-7H3/b20-14-/t25-,26+,27+,28+,29+/m0/s1. The van der Waals surface area contributed by atoms with Crippen LogP contribution < -0.4 is 10.4 Å². The van der Waals surface area contributed by atoms with Gasteiger partial charge in [-0.3, -0.25) is 0 Å². The maximum atomic E-state index is 11.2. The van der Waals surface area contributed by atoms with E-state index in [-0.39, 0.29) is 11.6 Å². The van der Waals surface area contributed by atoms with Crippen LogP contribution in [0.5, 0.6) is 0 Å². The molecule has 2 fully saturated rings. The van der Waals surface area contributed by atoms with Crippen molar-refractivity contribution in [2.45, 2.75) is 102 Å². The van der Waals surface area contributed by atoms with Crippen molar-refractivity contribution in [3.05, 3.63) is 72.8 Å². The van der Waals surface area contributed by atoms with E-state index in [1.165, 1.54) is 10.4 Å². The zero-order chi connectivity index (χ0) is 29.2. The normalized spacial score (nSPS) is 26.3. The molecule has 7 nitrogen and oxygen atoms in total. The van der Waals surface area contributed by atoms with Gasteiger partial charge < -0.3 is 33.6 Å². The molecule has 0 aliphatic carbocycles. The van der Waals surface area contributed by atoms with Crippen LogP contribution in [-0.2, 0) is 23.4 Å². The summed E-state index contributed by atoms with van der Waals surface area (Å²) in [7, 11) is -2.79. The first kappa shape index (κ1) is 31.1. The molecule has 2 aliphatic heterocycles. The zero-order valence-corrected chi connectivity index (χ0v) is 25.9. The molecule has 0 aromatic heterocycles. The Bertz CT molecular complexity index is 1070. The van der Waals surface area contributed by atoms with Gasteiger partial charge in [0.15, 0.2) is 11.6 Å². The molecule has 5 atom stereocenters. The number of hydrogen-bond acceptors (Lipinski definition) is 7. The van der Waals surface area contributed by atoms with E-state index in [1.807, 2.05) is 39.8 Å². The van der Waals surface area contributed by atoms with E-state index >= 15 is 0 Å². The van der Waals surface area contributed by atoms with Gasteiger partial charge in [0, 0.05) is 0 Å². The molecule has 2 heterocycles. The molecular formula is C32H46O7Si. The van der Waals surface area contributed by atoms with E-state index in [1.54, 1.807) is 12.2 Å². The van der Waals surface area contributed by atoms with Crippen molar-refractivity contribution < 1.29 is 33.6 Å². The summed E-state index contributed by atoms with van der Waals surface area (Å²) in [6.07, 6.45) is 0.528. The lowest BCUT2D eigenvalue weighted by Gasteiger charge is -2.43. The predicted octanol–water partition coefficient (Wildman–Crippen LogP) is 3.90. The Kier molecular flexibility index (Phi) is 9.44. The highest BCUT2D eigenvalue weighted by atomic mass is 28.4. The first-order chi connectivity index (χ1) is 18.7. The van der Waals surface area contributed by atoms with Gasteiger partial charge in [-0.05, 0) is 49.5 Å². The highest BCUT2D eigenvalue weighted by molar-refractivity contribution is 6.99. The SMILES string of the molecule is CC1(C)O[C@H]([C@H](O)/C=C\C[C@H](O)[C@H]2COC(C)(C)O2)[C@@H](CO[Si](c2ccccc2)(c2ccccc2)C(C)(C)C)O1. The number of ether oxygens (including phenoxy) is 4. The van der Waals surface area contributed by atoms with Crippen molar-refractivity contribution >= 4 is 18.7 Å². The topological polar surface area (TPSA) is 86.6 Å². The fourth-order valence-corrected chi connectivity index (χ4v) is 10.3. The van der Waals surface area contributed by atoms with Crippen molar-refractivity contribution in [3.63, 3.8) is 0 Å². The Morgan fingerprint density at radius 1 is 0.900 bits per heavy atom. The van der Waals surface area contributed by atoms with Gasteiger partial charge in [-0.1, -0.05) is 93.6 Å². The van der Waals surface area contributed by atoms with Gasteiger partial charge in [-0.25, -0.2) is 0 Å². The smallest absolute Gasteiger partial charge is 0.261 e. The van der Waals surface area contributed by atoms with Crippen molar-refractivity contribution in [1.29, 1.82) is 0 Å². The molecular weight excluding hydrogens is 524 g/mol. The third-order valence-corrected chi connectivity index (χ3v) is 12.6. The molecule has 2 saturated heterocycles. The fourth-order valence-electron chi connectivity index (χ4n) is 5.77. The molecule has 2 N–H and O–H groups in total. The maximum absolute atomic E-state index is 11.2. The van der Waals surface area contributed by atoms with Crippen LogP contribution in [0.25, 0.3) is 0 Å². The van der Waals surface area contributed by atoms with Gasteiger partial charge in [-0.2, -0.15) is 0 Å². The van der Waals surface area contributed by atoms with Crippen LogP contribution in [0.4, 0.5) is 0 Å². The van der Waals surface area contributed by atoms with Gasteiger partial charge in [0.2, 0.25) is 0 Å². The Balaban J connectivity index is 1.52. The summed E-state index contributed by atoms with van der Waals surface area (Å²) in [4.78, 5) is 0. The minimum Gasteiger partial charge on any atom is -0.405 e. The van der Waals surface area contributed by atoms with Crippen LogP contribution in [-0.4, -0.2) is 73.8 Å². The summed E-state index contributed by atoms with van der Waals surface area (Å²) in [5.41, 5.74) is 0. The Hall–Kier alpha value is -1.88. The predicted molar refractivity (Wildman–Crippen MR) is 158 cm³/mol.